The van der Waals surface area contributed by atoms with E-state index >= 15 is 0 Å². The third kappa shape index (κ3) is 1.96. The van der Waals surface area contributed by atoms with E-state index in [1.165, 1.54) is 0 Å². The molecule has 0 radical (unpaired) electrons. The molecule has 1 aromatic carbocycles. The molecule has 13 heavy (non-hydrogen) atoms. The Labute approximate surface area is 76.9 Å². The maximum Gasteiger partial charge on any atom is 0.101 e. The monoisotopic (exact) mass is 176 g/mol. The van der Waals surface area contributed by atoms with Gasteiger partial charge in [0.05, 0.1) is 5.56 Å². The minimum absolute atomic E-state index is 0.229. The van der Waals surface area contributed by atoms with Gasteiger partial charge in [0, 0.05) is 18.3 Å². The third-order valence-corrected chi connectivity index (χ3v) is 1.88. The van der Waals surface area contributed by atoms with Crippen LogP contribution in [0.5, 0.6) is 0 Å². The van der Waals surface area contributed by atoms with Gasteiger partial charge in [0.1, 0.15) is 6.07 Å². The minimum Gasteiger partial charge on any atom is -0.398 e. The maximum absolute atomic E-state index is 8.70. The van der Waals surface area contributed by atoms with E-state index in [2.05, 4.69) is 0 Å². The first-order chi connectivity index (χ1) is 6.19. The van der Waals surface area contributed by atoms with Gasteiger partial charge < -0.3 is 17.2 Å². The maximum atomic E-state index is 8.70. The lowest BCUT2D eigenvalue weighted by molar-refractivity contribution is 0.737. The summed E-state index contributed by atoms with van der Waals surface area (Å²) in [5.41, 5.74) is 18.4. The normalized spacial score (nSPS) is 12.1. The van der Waals surface area contributed by atoms with Crippen LogP contribution in [0.1, 0.15) is 17.2 Å². The lowest BCUT2D eigenvalue weighted by atomic mass is 10.0. The van der Waals surface area contributed by atoms with Crippen molar-refractivity contribution in [3.8, 4) is 6.07 Å². The quantitative estimate of drug-likeness (QED) is 0.556. The summed E-state index contributed by atoms with van der Waals surface area (Å²) in [6.45, 7) is 0.356. The fraction of sp³-hybridized carbons (Fsp3) is 0.222. The van der Waals surface area contributed by atoms with E-state index in [9.17, 15) is 0 Å². The summed E-state index contributed by atoms with van der Waals surface area (Å²) in [6, 6.07) is 6.89. The van der Waals surface area contributed by atoms with Gasteiger partial charge in [-0.3, -0.25) is 0 Å². The number of benzene rings is 1. The Morgan fingerprint density at radius 1 is 1.46 bits per heavy atom. The number of anilines is 1. The molecule has 4 heteroatoms. The first kappa shape index (κ1) is 9.52. The molecule has 1 aromatic rings. The van der Waals surface area contributed by atoms with Crippen LogP contribution in [0.2, 0.25) is 0 Å². The van der Waals surface area contributed by atoms with Gasteiger partial charge in [-0.25, -0.2) is 0 Å². The summed E-state index contributed by atoms with van der Waals surface area (Å²) in [5.74, 6) is 0. The first-order valence-electron chi connectivity index (χ1n) is 3.94. The number of nitrogens with two attached hydrogens (primary N) is 3. The van der Waals surface area contributed by atoms with Crippen molar-refractivity contribution < 1.29 is 0 Å². The van der Waals surface area contributed by atoms with Crippen LogP contribution in [-0.2, 0) is 0 Å². The zero-order chi connectivity index (χ0) is 9.84. The number of nitrogen functional groups attached to an aromatic ring is 1. The van der Waals surface area contributed by atoms with Crippen molar-refractivity contribution in [3.05, 3.63) is 29.3 Å². The SMILES string of the molecule is N#Cc1cc(C(N)CN)ccc1N. The number of hydrogen-bond donors (Lipinski definition) is 3. The molecule has 0 fully saturated rings. The zero-order valence-electron chi connectivity index (χ0n) is 7.20. The van der Waals surface area contributed by atoms with Gasteiger partial charge in [-0.15, -0.1) is 0 Å². The molecule has 68 valence electrons. The molecule has 4 nitrogen and oxygen atoms in total. The Bertz CT molecular complexity index is 340. The summed E-state index contributed by atoms with van der Waals surface area (Å²) < 4.78 is 0. The van der Waals surface area contributed by atoms with Gasteiger partial charge >= 0.3 is 0 Å². The highest BCUT2D eigenvalue weighted by molar-refractivity contribution is 5.55. The molecule has 0 amide bonds. The second kappa shape index (κ2) is 3.90. The average Bonchev–Trinajstić information content (AvgIpc) is 2.17. The number of hydrogen-bond acceptors (Lipinski definition) is 4. The highest BCUT2D eigenvalue weighted by Gasteiger charge is 2.05. The first-order valence-corrected chi connectivity index (χ1v) is 3.94. The van der Waals surface area contributed by atoms with Gasteiger partial charge in [-0.1, -0.05) is 6.07 Å². The molecule has 0 aliphatic heterocycles. The van der Waals surface area contributed by atoms with E-state index in [4.69, 9.17) is 22.5 Å². The van der Waals surface area contributed by atoms with Crippen LogP contribution in [0, 0.1) is 11.3 Å². The molecular formula is C9H12N4. The standard InChI is InChI=1S/C9H12N4/c10-4-7-3-6(9(13)5-11)1-2-8(7)12/h1-3,9H,5,11-13H2. The number of rotatable bonds is 2. The van der Waals surface area contributed by atoms with E-state index in [1.54, 1.807) is 18.2 Å². The van der Waals surface area contributed by atoms with Crippen molar-refractivity contribution in [2.45, 2.75) is 6.04 Å². The minimum atomic E-state index is -0.229. The molecule has 0 spiro atoms. The summed E-state index contributed by atoms with van der Waals surface area (Å²) >= 11 is 0. The van der Waals surface area contributed by atoms with Crippen molar-refractivity contribution in [2.24, 2.45) is 11.5 Å². The summed E-state index contributed by atoms with van der Waals surface area (Å²) in [6.07, 6.45) is 0. The smallest absolute Gasteiger partial charge is 0.101 e. The third-order valence-electron chi connectivity index (χ3n) is 1.88. The van der Waals surface area contributed by atoms with Crippen molar-refractivity contribution in [1.29, 1.82) is 5.26 Å². The molecule has 1 unspecified atom stereocenters. The second-order valence-electron chi connectivity index (χ2n) is 2.80. The Morgan fingerprint density at radius 3 is 2.69 bits per heavy atom. The average molecular weight is 176 g/mol. The van der Waals surface area contributed by atoms with Crippen molar-refractivity contribution in [3.63, 3.8) is 0 Å². The van der Waals surface area contributed by atoms with E-state index in [-0.39, 0.29) is 6.04 Å². The van der Waals surface area contributed by atoms with Crippen molar-refractivity contribution >= 4 is 5.69 Å². The lowest BCUT2D eigenvalue weighted by Crippen LogP contribution is -2.20. The fourth-order valence-electron chi connectivity index (χ4n) is 1.04. The van der Waals surface area contributed by atoms with E-state index in [1.807, 2.05) is 6.07 Å². The molecule has 0 saturated heterocycles. The molecule has 6 N–H and O–H groups in total. The van der Waals surface area contributed by atoms with Gasteiger partial charge in [-0.05, 0) is 17.7 Å². The van der Waals surface area contributed by atoms with Crippen LogP contribution < -0.4 is 17.2 Å². The summed E-state index contributed by atoms with van der Waals surface area (Å²) in [4.78, 5) is 0. The molecule has 0 aliphatic rings. The molecular weight excluding hydrogens is 164 g/mol. The predicted octanol–water partition coefficient (Wildman–Crippen LogP) is 0.0990. The Morgan fingerprint density at radius 2 is 2.15 bits per heavy atom. The highest BCUT2D eigenvalue weighted by atomic mass is 14.7. The van der Waals surface area contributed by atoms with Crippen LogP contribution in [0.4, 0.5) is 5.69 Å². The van der Waals surface area contributed by atoms with Gasteiger partial charge in [-0.2, -0.15) is 5.26 Å². The topological polar surface area (TPSA) is 102 Å². The van der Waals surface area contributed by atoms with E-state index in [0.29, 0.717) is 17.8 Å². The van der Waals surface area contributed by atoms with Gasteiger partial charge in [0.2, 0.25) is 0 Å². The molecule has 0 aromatic heterocycles. The Kier molecular flexibility index (Phi) is 2.85. The van der Waals surface area contributed by atoms with Crippen LogP contribution in [0.25, 0.3) is 0 Å². The lowest BCUT2D eigenvalue weighted by Gasteiger charge is -2.09. The number of nitrogens with zero attached hydrogens (tertiary/aromatic N) is 1. The Hall–Kier alpha value is -1.57. The predicted molar refractivity (Wildman–Crippen MR) is 51.6 cm³/mol. The van der Waals surface area contributed by atoms with Crippen LogP contribution in [-0.4, -0.2) is 6.54 Å². The van der Waals surface area contributed by atoms with Gasteiger partial charge in [0.25, 0.3) is 0 Å². The van der Waals surface area contributed by atoms with E-state index < -0.39 is 0 Å². The molecule has 0 heterocycles. The molecule has 1 rings (SSSR count). The van der Waals surface area contributed by atoms with Crippen molar-refractivity contribution in [2.75, 3.05) is 12.3 Å². The molecule has 0 bridgehead atoms. The van der Waals surface area contributed by atoms with Gasteiger partial charge in [0.15, 0.2) is 0 Å². The highest BCUT2D eigenvalue weighted by Crippen LogP contribution is 2.16. The second-order valence-corrected chi connectivity index (χ2v) is 2.80. The van der Waals surface area contributed by atoms with E-state index in [0.717, 1.165) is 5.56 Å². The van der Waals surface area contributed by atoms with Crippen LogP contribution >= 0.6 is 0 Å². The number of nitriles is 1. The summed E-state index contributed by atoms with van der Waals surface area (Å²) in [7, 11) is 0. The van der Waals surface area contributed by atoms with Crippen molar-refractivity contribution in [1.82, 2.24) is 0 Å². The van der Waals surface area contributed by atoms with Crippen LogP contribution in [0.15, 0.2) is 18.2 Å². The van der Waals surface area contributed by atoms with Crippen LogP contribution in [0.3, 0.4) is 0 Å². The zero-order valence-corrected chi connectivity index (χ0v) is 7.20. The molecule has 1 atom stereocenters. The molecule has 0 saturated carbocycles. The fourth-order valence-corrected chi connectivity index (χ4v) is 1.04. The summed E-state index contributed by atoms with van der Waals surface area (Å²) in [5, 5.41) is 8.70. The largest absolute Gasteiger partial charge is 0.398 e. The molecule has 0 aliphatic carbocycles. The Balaban J connectivity index is 3.08.